The number of alkyl halides is 3. The van der Waals surface area contributed by atoms with Crippen LogP contribution >= 0.6 is 23.1 Å². The van der Waals surface area contributed by atoms with Gasteiger partial charge in [0.15, 0.2) is 5.01 Å². The van der Waals surface area contributed by atoms with Gasteiger partial charge in [0, 0.05) is 17.1 Å². The molecule has 1 fully saturated rings. The van der Waals surface area contributed by atoms with E-state index in [4.69, 9.17) is 0 Å². The Morgan fingerprint density at radius 2 is 2.29 bits per heavy atom. The average molecular weight is 282 g/mol. The van der Waals surface area contributed by atoms with E-state index < -0.39 is 11.2 Å². The van der Waals surface area contributed by atoms with Gasteiger partial charge < -0.3 is 5.32 Å². The minimum Gasteiger partial charge on any atom is -0.312 e. The predicted molar refractivity (Wildman–Crippen MR) is 64.3 cm³/mol. The summed E-state index contributed by atoms with van der Waals surface area (Å²) in [6.07, 6.45) is -1.92. The Hall–Kier alpha value is -0.270. The van der Waals surface area contributed by atoms with Gasteiger partial charge in [-0.25, -0.2) is 4.98 Å². The maximum absolute atomic E-state index is 12.5. The molecule has 17 heavy (non-hydrogen) atoms. The molecule has 0 bridgehead atoms. The topological polar surface area (TPSA) is 24.9 Å². The maximum atomic E-state index is 12.5. The van der Waals surface area contributed by atoms with Crippen molar-refractivity contribution >= 4 is 23.1 Å². The van der Waals surface area contributed by atoms with Crippen molar-refractivity contribution in [3.63, 3.8) is 0 Å². The van der Waals surface area contributed by atoms with Gasteiger partial charge in [-0.05, 0) is 30.9 Å². The quantitative estimate of drug-likeness (QED) is 0.921. The summed E-state index contributed by atoms with van der Waals surface area (Å²) in [4.78, 5) is 4.16. The molecule has 0 amide bonds. The minimum absolute atomic E-state index is 0.00130. The highest BCUT2D eigenvalue weighted by atomic mass is 32.2. The molecule has 0 saturated carbocycles. The van der Waals surface area contributed by atoms with E-state index in [0.717, 1.165) is 29.3 Å². The van der Waals surface area contributed by atoms with Crippen LogP contribution in [-0.4, -0.2) is 23.5 Å². The number of hydrogen-bond acceptors (Lipinski definition) is 4. The standard InChI is InChI=1S/C10H13F3N2S2/c1-14-8(6-2-3-16-5-6)7-4-15-9(17-7)10(11,12)13/h4,6,8,14H,2-3,5H2,1H3. The fourth-order valence-electron chi connectivity index (χ4n) is 1.99. The van der Waals surface area contributed by atoms with Gasteiger partial charge in [-0.15, -0.1) is 11.3 Å². The maximum Gasteiger partial charge on any atom is 0.443 e. The first-order valence-electron chi connectivity index (χ1n) is 5.30. The van der Waals surface area contributed by atoms with Crippen LogP contribution in [0.4, 0.5) is 13.2 Å². The molecule has 1 aromatic rings. The van der Waals surface area contributed by atoms with Gasteiger partial charge in [0.05, 0.1) is 0 Å². The Bertz CT molecular complexity index is 372. The number of thiazole rings is 1. The molecule has 2 unspecified atom stereocenters. The summed E-state index contributed by atoms with van der Waals surface area (Å²) in [7, 11) is 1.79. The lowest BCUT2D eigenvalue weighted by molar-refractivity contribution is -0.137. The third-order valence-electron chi connectivity index (χ3n) is 2.82. The molecule has 2 heterocycles. The molecule has 0 aromatic carbocycles. The van der Waals surface area contributed by atoms with Crippen LogP contribution in [0.1, 0.15) is 22.3 Å². The second kappa shape index (κ2) is 5.16. The van der Waals surface area contributed by atoms with Crippen molar-refractivity contribution in [3.05, 3.63) is 16.1 Å². The third kappa shape index (κ3) is 2.95. The van der Waals surface area contributed by atoms with E-state index in [1.807, 2.05) is 11.8 Å². The molecule has 1 aliphatic rings. The third-order valence-corrected chi connectivity index (χ3v) is 5.13. The zero-order valence-electron chi connectivity index (χ0n) is 9.25. The normalized spacial score (nSPS) is 22.9. The van der Waals surface area contributed by atoms with Gasteiger partial charge >= 0.3 is 6.18 Å². The summed E-state index contributed by atoms with van der Waals surface area (Å²) < 4.78 is 37.4. The highest BCUT2D eigenvalue weighted by Gasteiger charge is 2.36. The number of thioether (sulfide) groups is 1. The van der Waals surface area contributed by atoms with Crippen molar-refractivity contribution in [2.24, 2.45) is 5.92 Å². The Morgan fingerprint density at radius 3 is 2.76 bits per heavy atom. The summed E-state index contributed by atoms with van der Waals surface area (Å²) >= 11 is 2.61. The molecule has 0 aliphatic carbocycles. The molecule has 2 atom stereocenters. The van der Waals surface area contributed by atoms with Crippen molar-refractivity contribution in [3.8, 4) is 0 Å². The molecule has 2 rings (SSSR count). The zero-order valence-corrected chi connectivity index (χ0v) is 10.9. The second-order valence-electron chi connectivity index (χ2n) is 3.96. The van der Waals surface area contributed by atoms with E-state index in [0.29, 0.717) is 10.8 Å². The molecule has 1 aliphatic heterocycles. The SMILES string of the molecule is CNC(c1cnc(C(F)(F)F)s1)C1CCSC1. The van der Waals surface area contributed by atoms with Crippen LogP contribution in [0.25, 0.3) is 0 Å². The first-order valence-corrected chi connectivity index (χ1v) is 7.27. The molecule has 1 N–H and O–H groups in total. The largest absolute Gasteiger partial charge is 0.443 e. The van der Waals surface area contributed by atoms with E-state index in [-0.39, 0.29) is 6.04 Å². The lowest BCUT2D eigenvalue weighted by atomic mass is 9.98. The molecule has 1 saturated heterocycles. The van der Waals surface area contributed by atoms with Crippen LogP contribution in [0.3, 0.4) is 0 Å². The summed E-state index contributed by atoms with van der Waals surface area (Å²) in [6.45, 7) is 0. The average Bonchev–Trinajstić information content (AvgIpc) is 2.87. The smallest absolute Gasteiger partial charge is 0.312 e. The first kappa shape index (κ1) is 13.2. The highest BCUT2D eigenvalue weighted by Crippen LogP contribution is 2.39. The number of rotatable bonds is 3. The lowest BCUT2D eigenvalue weighted by Crippen LogP contribution is -2.24. The molecular weight excluding hydrogens is 269 g/mol. The van der Waals surface area contributed by atoms with Gasteiger partial charge in [0.2, 0.25) is 0 Å². The highest BCUT2D eigenvalue weighted by molar-refractivity contribution is 7.99. The van der Waals surface area contributed by atoms with E-state index in [1.165, 1.54) is 6.20 Å². The fourth-order valence-corrected chi connectivity index (χ4v) is 4.27. The van der Waals surface area contributed by atoms with Gasteiger partial charge in [-0.3, -0.25) is 0 Å². The lowest BCUT2D eigenvalue weighted by Gasteiger charge is -2.20. The molecule has 0 radical (unpaired) electrons. The van der Waals surface area contributed by atoms with E-state index in [1.54, 1.807) is 7.05 Å². The zero-order chi connectivity index (χ0) is 12.5. The number of hydrogen-bond donors (Lipinski definition) is 1. The number of halogens is 3. The van der Waals surface area contributed by atoms with Crippen molar-refractivity contribution in [1.82, 2.24) is 10.3 Å². The van der Waals surface area contributed by atoms with Crippen LogP contribution in [0.5, 0.6) is 0 Å². The summed E-state index contributed by atoms with van der Waals surface area (Å²) in [5.41, 5.74) is 0. The molecule has 7 heteroatoms. The molecule has 0 spiro atoms. The van der Waals surface area contributed by atoms with Crippen molar-refractivity contribution in [2.45, 2.75) is 18.6 Å². The van der Waals surface area contributed by atoms with Crippen LogP contribution in [0, 0.1) is 5.92 Å². The van der Waals surface area contributed by atoms with E-state index in [9.17, 15) is 13.2 Å². The monoisotopic (exact) mass is 282 g/mol. The number of nitrogens with zero attached hydrogens (tertiary/aromatic N) is 1. The summed E-state index contributed by atoms with van der Waals surface area (Å²) in [5.74, 6) is 2.50. The second-order valence-corrected chi connectivity index (χ2v) is 6.17. The Kier molecular flexibility index (Phi) is 3.99. The molecule has 96 valence electrons. The predicted octanol–water partition coefficient (Wildman–Crippen LogP) is 3.18. The Morgan fingerprint density at radius 1 is 1.53 bits per heavy atom. The summed E-state index contributed by atoms with van der Waals surface area (Å²) in [5, 5.41) is 2.36. The van der Waals surface area contributed by atoms with Crippen LogP contribution in [0.2, 0.25) is 0 Å². The van der Waals surface area contributed by atoms with Crippen LogP contribution in [-0.2, 0) is 6.18 Å². The first-order chi connectivity index (χ1) is 8.02. The van der Waals surface area contributed by atoms with Gasteiger partial charge in [0.25, 0.3) is 0 Å². The minimum atomic E-state index is -4.33. The van der Waals surface area contributed by atoms with E-state index >= 15 is 0 Å². The van der Waals surface area contributed by atoms with E-state index in [2.05, 4.69) is 10.3 Å². The Labute approximate surface area is 106 Å². The van der Waals surface area contributed by atoms with Gasteiger partial charge in [0.1, 0.15) is 0 Å². The van der Waals surface area contributed by atoms with Gasteiger partial charge in [-0.2, -0.15) is 24.9 Å². The number of aromatic nitrogens is 1. The molecular formula is C10H13F3N2S2. The van der Waals surface area contributed by atoms with Crippen LogP contribution < -0.4 is 5.32 Å². The number of nitrogens with one attached hydrogen (secondary N) is 1. The van der Waals surface area contributed by atoms with Gasteiger partial charge in [-0.1, -0.05) is 0 Å². The fraction of sp³-hybridized carbons (Fsp3) is 0.700. The molecule has 1 aromatic heterocycles. The molecule has 2 nitrogen and oxygen atoms in total. The van der Waals surface area contributed by atoms with Crippen molar-refractivity contribution < 1.29 is 13.2 Å². The Balaban J connectivity index is 2.17. The van der Waals surface area contributed by atoms with Crippen molar-refractivity contribution in [1.29, 1.82) is 0 Å². The van der Waals surface area contributed by atoms with Crippen LogP contribution in [0.15, 0.2) is 6.20 Å². The van der Waals surface area contributed by atoms with Crippen molar-refractivity contribution in [2.75, 3.05) is 18.6 Å². The summed E-state index contributed by atoms with van der Waals surface area (Å²) in [6, 6.07) is -0.00130.